The van der Waals surface area contributed by atoms with Crippen LogP contribution in [0, 0.1) is 18.3 Å². The van der Waals surface area contributed by atoms with Crippen molar-refractivity contribution in [2.45, 2.75) is 24.3 Å². The van der Waals surface area contributed by atoms with Gasteiger partial charge in [0.25, 0.3) is 0 Å². The van der Waals surface area contributed by atoms with Gasteiger partial charge in [0, 0.05) is 19.1 Å². The fourth-order valence-electron chi connectivity index (χ4n) is 2.06. The number of aryl methyl sites for hydroxylation is 1. The lowest BCUT2D eigenvalue weighted by Crippen LogP contribution is -2.32. The minimum absolute atomic E-state index is 0. The van der Waals surface area contributed by atoms with Crippen LogP contribution in [0.1, 0.15) is 17.5 Å². The molecule has 1 atom stereocenters. The van der Waals surface area contributed by atoms with Crippen molar-refractivity contribution in [3.63, 3.8) is 0 Å². The lowest BCUT2D eigenvalue weighted by molar-refractivity contribution is 0.472. The predicted octanol–water partition coefficient (Wildman–Crippen LogP) is 1.01. The monoisotopic (exact) mass is 301 g/mol. The number of sulfonamides is 1. The van der Waals surface area contributed by atoms with Crippen LogP contribution in [0.2, 0.25) is 0 Å². The molecule has 1 aliphatic heterocycles. The van der Waals surface area contributed by atoms with Gasteiger partial charge in [-0.15, -0.1) is 12.4 Å². The van der Waals surface area contributed by atoms with E-state index >= 15 is 0 Å². The Hall–Kier alpha value is -1.13. The van der Waals surface area contributed by atoms with Gasteiger partial charge in [0.05, 0.1) is 16.5 Å². The Balaban J connectivity index is 0.00000180. The largest absolute Gasteiger partial charge is 0.326 e. The van der Waals surface area contributed by atoms with Crippen LogP contribution in [-0.4, -0.2) is 31.9 Å². The minimum Gasteiger partial charge on any atom is -0.326 e. The van der Waals surface area contributed by atoms with E-state index in [1.165, 1.54) is 10.4 Å². The van der Waals surface area contributed by atoms with Crippen LogP contribution in [0.5, 0.6) is 0 Å². The highest BCUT2D eigenvalue weighted by Crippen LogP contribution is 2.24. The Labute approximate surface area is 119 Å². The average molecular weight is 302 g/mol. The maximum atomic E-state index is 12.4. The van der Waals surface area contributed by atoms with E-state index in [-0.39, 0.29) is 23.3 Å². The van der Waals surface area contributed by atoms with Gasteiger partial charge in [-0.3, -0.25) is 0 Å². The number of nitrogens with two attached hydrogens (primary N) is 1. The van der Waals surface area contributed by atoms with Crippen molar-refractivity contribution in [1.29, 1.82) is 5.26 Å². The van der Waals surface area contributed by atoms with Crippen molar-refractivity contribution >= 4 is 22.4 Å². The van der Waals surface area contributed by atoms with E-state index in [9.17, 15) is 8.42 Å². The van der Waals surface area contributed by atoms with E-state index in [1.54, 1.807) is 19.1 Å². The molecule has 1 saturated heterocycles. The highest BCUT2D eigenvalue weighted by atomic mass is 35.5. The number of hydrogen-bond acceptors (Lipinski definition) is 4. The Bertz CT molecular complexity index is 610. The van der Waals surface area contributed by atoms with Crippen LogP contribution in [0.25, 0.3) is 0 Å². The van der Waals surface area contributed by atoms with Gasteiger partial charge in [0.2, 0.25) is 10.0 Å². The van der Waals surface area contributed by atoms with Crippen molar-refractivity contribution < 1.29 is 8.42 Å². The molecule has 0 amide bonds. The maximum Gasteiger partial charge on any atom is 0.243 e. The second-order valence-corrected chi connectivity index (χ2v) is 6.41. The fraction of sp³-hybridized carbons (Fsp3) is 0.417. The molecule has 7 heteroatoms. The zero-order chi connectivity index (χ0) is 13.3. The van der Waals surface area contributed by atoms with Crippen molar-refractivity contribution in [3.05, 3.63) is 29.3 Å². The molecule has 0 aliphatic carbocycles. The van der Waals surface area contributed by atoms with Gasteiger partial charge in [-0.2, -0.15) is 9.57 Å². The molecule has 104 valence electrons. The molecule has 2 N–H and O–H groups in total. The van der Waals surface area contributed by atoms with E-state index in [2.05, 4.69) is 0 Å². The van der Waals surface area contributed by atoms with Crippen LogP contribution in [0.4, 0.5) is 0 Å². The molecule has 0 aromatic heterocycles. The molecule has 1 unspecified atom stereocenters. The van der Waals surface area contributed by atoms with Gasteiger partial charge in [0.1, 0.15) is 0 Å². The highest BCUT2D eigenvalue weighted by Gasteiger charge is 2.31. The first-order valence-electron chi connectivity index (χ1n) is 5.71. The van der Waals surface area contributed by atoms with Gasteiger partial charge < -0.3 is 5.73 Å². The second-order valence-electron chi connectivity index (χ2n) is 4.50. The third-order valence-electron chi connectivity index (χ3n) is 3.12. The van der Waals surface area contributed by atoms with Crippen molar-refractivity contribution in [1.82, 2.24) is 4.31 Å². The van der Waals surface area contributed by atoms with Crippen molar-refractivity contribution in [2.24, 2.45) is 5.73 Å². The second kappa shape index (κ2) is 5.88. The minimum atomic E-state index is -3.53. The number of nitrogens with zero attached hydrogens (tertiary/aromatic N) is 2. The maximum absolute atomic E-state index is 12.4. The molecule has 2 rings (SSSR count). The molecule has 1 aliphatic rings. The van der Waals surface area contributed by atoms with Crippen LogP contribution in [-0.2, 0) is 10.0 Å². The zero-order valence-corrected chi connectivity index (χ0v) is 12.2. The first-order chi connectivity index (χ1) is 8.45. The topological polar surface area (TPSA) is 87.2 Å². The molecular formula is C12H16ClN3O2S. The summed E-state index contributed by atoms with van der Waals surface area (Å²) in [6.45, 7) is 2.52. The third-order valence-corrected chi connectivity index (χ3v) is 5.13. The van der Waals surface area contributed by atoms with Crippen LogP contribution in [0.3, 0.4) is 0 Å². The van der Waals surface area contributed by atoms with E-state index in [1.807, 2.05) is 6.07 Å². The molecular weight excluding hydrogens is 286 g/mol. The number of benzene rings is 1. The lowest BCUT2D eigenvalue weighted by atomic mass is 10.2. The molecule has 1 aromatic rings. The van der Waals surface area contributed by atoms with Gasteiger partial charge in [-0.1, -0.05) is 6.07 Å². The summed E-state index contributed by atoms with van der Waals surface area (Å²) in [5, 5.41) is 8.85. The summed E-state index contributed by atoms with van der Waals surface area (Å²) in [6, 6.07) is 6.55. The Morgan fingerprint density at radius 2 is 2.16 bits per heavy atom. The quantitative estimate of drug-likeness (QED) is 0.883. The SMILES string of the molecule is Cc1ccc(C#N)cc1S(=O)(=O)N1CCC(N)C1.Cl. The summed E-state index contributed by atoms with van der Waals surface area (Å²) in [7, 11) is -3.53. The number of halogens is 1. The molecule has 5 nitrogen and oxygen atoms in total. The molecule has 1 aromatic carbocycles. The van der Waals surface area contributed by atoms with Crippen LogP contribution < -0.4 is 5.73 Å². The summed E-state index contributed by atoms with van der Waals surface area (Å²) < 4.78 is 26.2. The average Bonchev–Trinajstić information content (AvgIpc) is 2.77. The summed E-state index contributed by atoms with van der Waals surface area (Å²) in [5.41, 5.74) is 6.73. The number of rotatable bonds is 2. The first-order valence-corrected chi connectivity index (χ1v) is 7.15. The van der Waals surface area contributed by atoms with Gasteiger partial charge in [-0.25, -0.2) is 8.42 Å². The predicted molar refractivity (Wildman–Crippen MR) is 74.5 cm³/mol. The van der Waals surface area contributed by atoms with Gasteiger partial charge >= 0.3 is 0 Å². The Morgan fingerprint density at radius 3 is 2.68 bits per heavy atom. The number of hydrogen-bond donors (Lipinski definition) is 1. The Kier molecular flexibility index (Phi) is 4.93. The third kappa shape index (κ3) is 3.07. The van der Waals surface area contributed by atoms with E-state index < -0.39 is 10.0 Å². The van der Waals surface area contributed by atoms with E-state index in [0.717, 1.165) is 0 Å². The lowest BCUT2D eigenvalue weighted by Gasteiger charge is -2.17. The molecule has 1 heterocycles. The fourth-order valence-corrected chi connectivity index (χ4v) is 3.82. The van der Waals surface area contributed by atoms with Crippen LogP contribution >= 0.6 is 12.4 Å². The normalized spacial score (nSPS) is 19.7. The van der Waals surface area contributed by atoms with Gasteiger partial charge in [-0.05, 0) is 31.0 Å². The summed E-state index contributed by atoms with van der Waals surface area (Å²) in [4.78, 5) is 0.204. The zero-order valence-electron chi connectivity index (χ0n) is 10.5. The van der Waals surface area contributed by atoms with E-state index in [4.69, 9.17) is 11.0 Å². The smallest absolute Gasteiger partial charge is 0.243 e. The van der Waals surface area contributed by atoms with Crippen LogP contribution in [0.15, 0.2) is 23.1 Å². The molecule has 1 fully saturated rings. The number of nitriles is 1. The standard InChI is InChI=1S/C12H15N3O2S.ClH/c1-9-2-3-10(7-13)6-12(9)18(16,17)15-5-4-11(14)8-15;/h2-3,6,11H,4-5,8,14H2,1H3;1H. The van der Waals surface area contributed by atoms with E-state index in [0.29, 0.717) is 30.6 Å². The molecule has 0 spiro atoms. The molecule has 0 radical (unpaired) electrons. The summed E-state index contributed by atoms with van der Waals surface area (Å²) in [6.07, 6.45) is 0.677. The first kappa shape index (κ1) is 15.9. The van der Waals surface area contributed by atoms with Crippen molar-refractivity contribution in [2.75, 3.05) is 13.1 Å². The molecule has 0 bridgehead atoms. The molecule has 19 heavy (non-hydrogen) atoms. The summed E-state index contributed by atoms with van der Waals surface area (Å²) >= 11 is 0. The van der Waals surface area contributed by atoms with Crippen molar-refractivity contribution in [3.8, 4) is 6.07 Å². The summed E-state index contributed by atoms with van der Waals surface area (Å²) in [5.74, 6) is 0. The van der Waals surface area contributed by atoms with Gasteiger partial charge in [0.15, 0.2) is 0 Å². The highest BCUT2D eigenvalue weighted by molar-refractivity contribution is 7.89. The Morgan fingerprint density at radius 1 is 1.47 bits per heavy atom. The molecule has 0 saturated carbocycles.